The number of aromatic amines is 1. The maximum absolute atomic E-state index is 13.6. The van der Waals surface area contributed by atoms with Crippen molar-refractivity contribution in [2.75, 3.05) is 19.8 Å². The summed E-state index contributed by atoms with van der Waals surface area (Å²) in [5.41, 5.74) is 10.1. The number of hydrogen-bond acceptors (Lipinski definition) is 11. The third-order valence-corrected chi connectivity index (χ3v) is 9.16. The van der Waals surface area contributed by atoms with E-state index in [0.29, 0.717) is 40.2 Å². The standard InChI is InChI=1S/C34H37Cl2N5O8.C3H8.C2H6/c35-19-3-8-23(9-4-19)48-34(46)40-13-11-24-25-15-20(36)5-10-26(25)39-28(24)29(40)18-1-6-22(7-2-18)47-14-12-21(37)16-41(38)33-32(45)31(44)30(43)27(17-42)49-33;1-3-2;1-2/h1-10,15-16,27,29-33,39,42-45H,11-14,17,37-38H2;3H2,1-2H3;1-2H3/b21-16-;;. The third-order valence-electron chi connectivity index (χ3n) is 8.67. The first-order valence-electron chi connectivity index (χ1n) is 18.0. The number of fused-ring (bicyclic) bond motifs is 3. The van der Waals surface area contributed by atoms with Crippen LogP contribution in [0.3, 0.4) is 0 Å². The number of benzene rings is 3. The number of H-pyrrole nitrogens is 1. The first-order valence-corrected chi connectivity index (χ1v) is 18.8. The number of nitrogens with two attached hydrogens (primary N) is 2. The van der Waals surface area contributed by atoms with Crippen LogP contribution in [0.25, 0.3) is 10.9 Å². The van der Waals surface area contributed by atoms with Crippen LogP contribution < -0.4 is 21.1 Å². The number of amides is 1. The van der Waals surface area contributed by atoms with E-state index in [4.69, 9.17) is 49.0 Å². The van der Waals surface area contributed by atoms with Gasteiger partial charge in [-0.1, -0.05) is 69.5 Å². The molecule has 6 atom stereocenters. The Morgan fingerprint density at radius 3 is 2.26 bits per heavy atom. The van der Waals surface area contributed by atoms with Crippen molar-refractivity contribution >= 4 is 40.2 Å². The predicted octanol–water partition coefficient (Wildman–Crippen LogP) is 5.61. The van der Waals surface area contributed by atoms with Gasteiger partial charge in [-0.25, -0.2) is 10.6 Å². The Kier molecular flexibility index (Phi) is 15.8. The number of nitrogens with one attached hydrogen (secondary N) is 1. The molecule has 4 aromatic rings. The zero-order valence-electron chi connectivity index (χ0n) is 30.9. The van der Waals surface area contributed by atoms with E-state index < -0.39 is 49.4 Å². The van der Waals surface area contributed by atoms with E-state index in [1.165, 1.54) is 12.6 Å². The topological polar surface area (TPSA) is 200 Å². The van der Waals surface area contributed by atoms with Crippen molar-refractivity contribution in [1.82, 2.24) is 14.9 Å². The van der Waals surface area contributed by atoms with Crippen LogP contribution in [0.5, 0.6) is 11.5 Å². The maximum Gasteiger partial charge on any atom is 0.416 e. The van der Waals surface area contributed by atoms with Gasteiger partial charge in [-0.2, -0.15) is 0 Å². The van der Waals surface area contributed by atoms with Gasteiger partial charge in [-0.15, -0.1) is 0 Å². The number of ether oxygens (including phenoxy) is 3. The van der Waals surface area contributed by atoms with Crippen LogP contribution in [0.15, 0.2) is 78.6 Å². The summed E-state index contributed by atoms with van der Waals surface area (Å²) in [6.45, 7) is 8.26. The van der Waals surface area contributed by atoms with Crippen molar-refractivity contribution in [3.63, 3.8) is 0 Å². The van der Waals surface area contributed by atoms with Crippen molar-refractivity contribution in [3.8, 4) is 11.5 Å². The van der Waals surface area contributed by atoms with Crippen LogP contribution in [-0.4, -0.2) is 91.8 Å². The van der Waals surface area contributed by atoms with Crippen LogP contribution in [0.4, 0.5) is 4.79 Å². The fourth-order valence-electron chi connectivity index (χ4n) is 6.16. The van der Waals surface area contributed by atoms with Crippen LogP contribution >= 0.6 is 23.2 Å². The van der Waals surface area contributed by atoms with Gasteiger partial charge in [-0.3, -0.25) is 9.91 Å². The van der Waals surface area contributed by atoms with Crippen LogP contribution in [0.2, 0.25) is 10.0 Å². The molecule has 1 saturated heterocycles. The number of carbonyl (C=O) groups is 1. The van der Waals surface area contributed by atoms with E-state index in [1.54, 1.807) is 41.3 Å². The van der Waals surface area contributed by atoms with Crippen molar-refractivity contribution in [3.05, 3.63) is 105 Å². The summed E-state index contributed by atoms with van der Waals surface area (Å²) in [7, 11) is 0. The Morgan fingerprint density at radius 2 is 1.61 bits per heavy atom. The lowest BCUT2D eigenvalue weighted by molar-refractivity contribution is -0.259. The lowest BCUT2D eigenvalue weighted by atomic mass is 9.92. The molecule has 9 N–H and O–H groups in total. The fraction of sp³-hybridized carbons (Fsp3) is 0.410. The van der Waals surface area contributed by atoms with Crippen LogP contribution in [0, 0.1) is 0 Å². The Labute approximate surface area is 325 Å². The molecule has 0 bridgehead atoms. The van der Waals surface area contributed by atoms with E-state index in [0.717, 1.165) is 32.7 Å². The molecule has 3 aromatic carbocycles. The van der Waals surface area contributed by atoms with Crippen molar-refractivity contribution < 1.29 is 39.4 Å². The minimum absolute atomic E-state index is 0.181. The number of hydrogen-bond donors (Lipinski definition) is 7. The predicted molar refractivity (Wildman–Crippen MR) is 209 cm³/mol. The third kappa shape index (κ3) is 10.2. The average molecular weight is 789 g/mol. The van der Waals surface area contributed by atoms with E-state index in [2.05, 4.69) is 18.8 Å². The zero-order chi connectivity index (χ0) is 39.5. The van der Waals surface area contributed by atoms with Gasteiger partial charge >= 0.3 is 6.09 Å². The van der Waals surface area contributed by atoms with E-state index in [-0.39, 0.29) is 13.0 Å². The van der Waals surface area contributed by atoms with Crippen molar-refractivity contribution in [2.24, 2.45) is 11.6 Å². The first kappa shape index (κ1) is 42.7. The molecule has 1 amide bonds. The van der Waals surface area contributed by atoms with Gasteiger partial charge in [0.15, 0.2) is 6.23 Å². The lowest BCUT2D eigenvalue weighted by Gasteiger charge is -2.42. The molecule has 2 aliphatic heterocycles. The molecule has 1 aromatic heterocycles. The molecule has 15 heteroatoms. The Balaban J connectivity index is 0.00000124. The minimum atomic E-state index is -1.57. The number of aliphatic hydroxyl groups excluding tert-OH is 4. The summed E-state index contributed by atoms with van der Waals surface area (Å²) in [6.07, 6.45) is -4.04. The van der Waals surface area contributed by atoms with Gasteiger partial charge in [0.1, 0.15) is 42.0 Å². The molecule has 0 radical (unpaired) electrons. The minimum Gasteiger partial charge on any atom is -0.493 e. The normalized spacial score (nSPS) is 22.3. The second kappa shape index (κ2) is 20.0. The van der Waals surface area contributed by atoms with E-state index >= 15 is 0 Å². The Bertz CT molecular complexity index is 1820. The molecule has 0 spiro atoms. The number of halogens is 2. The van der Waals surface area contributed by atoms with Gasteiger partial charge < -0.3 is 45.4 Å². The van der Waals surface area contributed by atoms with Crippen molar-refractivity contribution in [2.45, 2.75) is 83.6 Å². The second-order valence-corrected chi connectivity index (χ2v) is 13.5. The molecule has 54 heavy (non-hydrogen) atoms. The molecule has 0 aliphatic carbocycles. The molecule has 0 saturated carbocycles. The van der Waals surface area contributed by atoms with Crippen molar-refractivity contribution in [1.29, 1.82) is 0 Å². The highest BCUT2D eigenvalue weighted by atomic mass is 35.5. The number of aromatic nitrogens is 1. The van der Waals surface area contributed by atoms with Gasteiger partial charge in [0, 0.05) is 51.5 Å². The smallest absolute Gasteiger partial charge is 0.416 e. The summed E-state index contributed by atoms with van der Waals surface area (Å²) >= 11 is 12.3. The van der Waals surface area contributed by atoms with E-state index in [1.807, 2.05) is 44.2 Å². The summed E-state index contributed by atoms with van der Waals surface area (Å²) in [5.74, 6) is 6.95. The molecule has 2 aliphatic rings. The highest BCUT2D eigenvalue weighted by Crippen LogP contribution is 2.40. The number of aliphatic hydroxyl groups is 4. The number of hydrazine groups is 1. The Morgan fingerprint density at radius 1 is 0.981 bits per heavy atom. The lowest BCUT2D eigenvalue weighted by Crippen LogP contribution is -2.63. The number of rotatable bonds is 9. The van der Waals surface area contributed by atoms with Gasteiger partial charge in [0.2, 0.25) is 0 Å². The molecule has 6 rings (SSSR count). The summed E-state index contributed by atoms with van der Waals surface area (Å²) < 4.78 is 17.1. The highest BCUT2D eigenvalue weighted by molar-refractivity contribution is 6.31. The van der Waals surface area contributed by atoms with Crippen LogP contribution in [0.1, 0.15) is 63.4 Å². The molecule has 13 nitrogen and oxygen atoms in total. The number of nitrogens with zero attached hydrogens (tertiary/aromatic N) is 2. The van der Waals surface area contributed by atoms with Crippen LogP contribution in [-0.2, 0) is 11.2 Å². The summed E-state index contributed by atoms with van der Waals surface area (Å²) in [4.78, 5) is 18.8. The SMILES string of the molecule is CC.CCC.N/C(=C\N(N)C1OC(CO)C(O)C(O)C1O)CCOc1ccc(C2c3[nH]c4ccc(Cl)cc4c3CCN2C(=O)Oc2ccc(Cl)cc2)cc1. The molecule has 1 fully saturated rings. The quantitative estimate of drug-likeness (QED) is 0.0822. The molecule has 294 valence electrons. The molecular formula is C39H51Cl2N5O8. The van der Waals surface area contributed by atoms with Gasteiger partial charge in [-0.05, 0) is 72.1 Å². The molecular weight excluding hydrogens is 737 g/mol. The maximum atomic E-state index is 13.6. The zero-order valence-corrected chi connectivity index (χ0v) is 32.4. The van der Waals surface area contributed by atoms with Gasteiger partial charge in [0.25, 0.3) is 0 Å². The highest BCUT2D eigenvalue weighted by Gasteiger charge is 2.45. The average Bonchev–Trinajstić information content (AvgIpc) is 3.53. The monoisotopic (exact) mass is 787 g/mol. The first-order chi connectivity index (χ1) is 25.9. The molecule has 6 unspecified atom stereocenters. The Hall–Kier alpha value is -4.05. The molecule has 3 heterocycles. The van der Waals surface area contributed by atoms with E-state index in [9.17, 15) is 25.2 Å². The summed E-state index contributed by atoms with van der Waals surface area (Å²) in [6, 6.07) is 19.2. The largest absolute Gasteiger partial charge is 0.493 e. The number of carbonyl (C=O) groups excluding carboxylic acids is 1. The summed E-state index contributed by atoms with van der Waals surface area (Å²) in [5, 5.41) is 42.9. The fourth-order valence-corrected chi connectivity index (χ4v) is 6.46. The second-order valence-electron chi connectivity index (χ2n) is 12.6. The van der Waals surface area contributed by atoms with Gasteiger partial charge in [0.05, 0.1) is 13.2 Å².